The molecule has 136 valence electrons. The first-order chi connectivity index (χ1) is 12.0. The third-order valence-electron chi connectivity index (χ3n) is 5.87. The van der Waals surface area contributed by atoms with Crippen LogP contribution in [0, 0.1) is 5.41 Å². The Balaban J connectivity index is 1.48. The molecule has 1 saturated heterocycles. The van der Waals surface area contributed by atoms with Gasteiger partial charge in [-0.3, -0.25) is 9.59 Å². The first kappa shape index (κ1) is 18.0. The molecule has 2 unspecified atom stereocenters. The van der Waals surface area contributed by atoms with Gasteiger partial charge >= 0.3 is 0 Å². The maximum absolute atomic E-state index is 12.7. The van der Waals surface area contributed by atoms with E-state index in [4.69, 9.17) is 0 Å². The van der Waals surface area contributed by atoms with Gasteiger partial charge in [-0.1, -0.05) is 37.3 Å². The molecule has 2 aliphatic rings. The predicted octanol–water partition coefficient (Wildman–Crippen LogP) is 3.31. The maximum Gasteiger partial charge on any atom is 0.226 e. The number of nitrogens with zero attached hydrogens (tertiary/aromatic N) is 1. The van der Waals surface area contributed by atoms with Crippen molar-refractivity contribution in [2.45, 2.75) is 70.9 Å². The summed E-state index contributed by atoms with van der Waals surface area (Å²) in [5.74, 6) is 0.391. The Labute approximate surface area is 151 Å². The molecule has 0 spiro atoms. The van der Waals surface area contributed by atoms with Gasteiger partial charge in [0.05, 0.1) is 0 Å². The number of carbonyl (C=O) groups excluding carboxylic acids is 2. The van der Waals surface area contributed by atoms with Gasteiger partial charge in [-0.15, -0.1) is 0 Å². The minimum absolute atomic E-state index is 0.0873. The minimum atomic E-state index is -0.151. The van der Waals surface area contributed by atoms with E-state index >= 15 is 0 Å². The molecule has 2 amide bonds. The van der Waals surface area contributed by atoms with Gasteiger partial charge in [-0.05, 0) is 51.0 Å². The SMILES string of the molecule is CC1C(NC(=O)C2(C)CC2)CCCN1C(=O)CCCc1ccccc1. The summed E-state index contributed by atoms with van der Waals surface area (Å²) in [5.41, 5.74) is 1.13. The summed E-state index contributed by atoms with van der Waals surface area (Å²) in [6.45, 7) is 4.92. The fraction of sp³-hybridized carbons (Fsp3) is 0.619. The van der Waals surface area contributed by atoms with Crippen LogP contribution in [0.4, 0.5) is 0 Å². The molecule has 1 heterocycles. The molecule has 2 fully saturated rings. The Bertz CT molecular complexity index is 610. The zero-order valence-corrected chi connectivity index (χ0v) is 15.5. The van der Waals surface area contributed by atoms with Gasteiger partial charge in [0, 0.05) is 30.5 Å². The molecule has 4 heteroatoms. The van der Waals surface area contributed by atoms with Crippen molar-refractivity contribution in [1.29, 1.82) is 0 Å². The largest absolute Gasteiger partial charge is 0.351 e. The molecule has 1 aromatic rings. The lowest BCUT2D eigenvalue weighted by molar-refractivity contribution is -0.137. The number of piperidine rings is 1. The first-order valence-electron chi connectivity index (χ1n) is 9.64. The van der Waals surface area contributed by atoms with Crippen LogP contribution in [0.1, 0.15) is 57.9 Å². The lowest BCUT2D eigenvalue weighted by Crippen LogP contribution is -2.56. The topological polar surface area (TPSA) is 49.4 Å². The first-order valence-corrected chi connectivity index (χ1v) is 9.64. The standard InChI is InChI=1S/C21H30N2O2/c1-16-18(22-20(25)21(2)13-14-21)11-7-15-23(16)19(24)12-6-10-17-8-4-3-5-9-17/h3-5,8-9,16,18H,6-7,10-15H2,1-2H3,(H,22,25). The van der Waals surface area contributed by atoms with Crippen LogP contribution in [0.2, 0.25) is 0 Å². The second-order valence-electron chi connectivity index (χ2n) is 7.95. The molecular weight excluding hydrogens is 312 g/mol. The summed E-state index contributed by atoms with van der Waals surface area (Å²) in [4.78, 5) is 27.0. The molecule has 1 saturated carbocycles. The zero-order chi connectivity index (χ0) is 17.9. The van der Waals surface area contributed by atoms with E-state index in [-0.39, 0.29) is 29.3 Å². The normalized spacial score (nSPS) is 24.6. The van der Waals surface area contributed by atoms with Crippen LogP contribution >= 0.6 is 0 Å². The number of hydrogen-bond acceptors (Lipinski definition) is 2. The molecule has 3 rings (SSSR count). The molecule has 2 atom stereocenters. The number of nitrogens with one attached hydrogen (secondary N) is 1. The summed E-state index contributed by atoms with van der Waals surface area (Å²) in [6.07, 6.45) is 6.31. The van der Waals surface area contributed by atoms with E-state index in [1.165, 1.54) is 5.56 Å². The summed E-state index contributed by atoms with van der Waals surface area (Å²) in [7, 11) is 0. The number of hydrogen-bond donors (Lipinski definition) is 1. The summed E-state index contributed by atoms with van der Waals surface area (Å²) < 4.78 is 0. The Morgan fingerprint density at radius 2 is 1.96 bits per heavy atom. The number of aryl methyl sites for hydroxylation is 1. The highest BCUT2D eigenvalue weighted by Crippen LogP contribution is 2.45. The number of benzene rings is 1. The van der Waals surface area contributed by atoms with E-state index in [9.17, 15) is 9.59 Å². The molecule has 0 aromatic heterocycles. The third-order valence-corrected chi connectivity index (χ3v) is 5.87. The van der Waals surface area contributed by atoms with E-state index in [2.05, 4.69) is 24.4 Å². The fourth-order valence-electron chi connectivity index (χ4n) is 3.68. The van der Waals surface area contributed by atoms with Crippen molar-refractivity contribution in [3.63, 3.8) is 0 Å². The van der Waals surface area contributed by atoms with Crippen molar-refractivity contribution in [3.8, 4) is 0 Å². The smallest absolute Gasteiger partial charge is 0.226 e. The molecule has 1 aliphatic heterocycles. The average Bonchev–Trinajstić information content (AvgIpc) is 3.36. The van der Waals surface area contributed by atoms with Gasteiger partial charge in [-0.2, -0.15) is 0 Å². The second kappa shape index (κ2) is 7.59. The molecule has 1 aromatic carbocycles. The van der Waals surface area contributed by atoms with Crippen molar-refractivity contribution in [3.05, 3.63) is 35.9 Å². The summed E-state index contributed by atoms with van der Waals surface area (Å²) in [5, 5.41) is 3.21. The van der Waals surface area contributed by atoms with Crippen molar-refractivity contribution in [2.75, 3.05) is 6.54 Å². The zero-order valence-electron chi connectivity index (χ0n) is 15.5. The highest BCUT2D eigenvalue weighted by atomic mass is 16.2. The summed E-state index contributed by atoms with van der Waals surface area (Å²) in [6, 6.07) is 10.5. The molecule has 25 heavy (non-hydrogen) atoms. The number of carbonyl (C=O) groups is 2. The van der Waals surface area contributed by atoms with Crippen LogP contribution in [0.3, 0.4) is 0 Å². The van der Waals surface area contributed by atoms with Crippen LogP contribution in [-0.4, -0.2) is 35.3 Å². The van der Waals surface area contributed by atoms with Gasteiger partial charge in [0.2, 0.25) is 11.8 Å². The van der Waals surface area contributed by atoms with Crippen molar-refractivity contribution in [1.82, 2.24) is 10.2 Å². The predicted molar refractivity (Wildman–Crippen MR) is 99.1 cm³/mol. The molecular formula is C21H30N2O2. The Morgan fingerprint density at radius 3 is 2.64 bits per heavy atom. The highest BCUT2D eigenvalue weighted by Gasteiger charge is 2.46. The van der Waals surface area contributed by atoms with Crippen LogP contribution in [0.25, 0.3) is 0 Å². The van der Waals surface area contributed by atoms with Crippen LogP contribution < -0.4 is 5.32 Å². The third kappa shape index (κ3) is 4.42. The molecule has 1 aliphatic carbocycles. The highest BCUT2D eigenvalue weighted by molar-refractivity contribution is 5.85. The number of amides is 2. The lowest BCUT2D eigenvalue weighted by Gasteiger charge is -2.40. The monoisotopic (exact) mass is 342 g/mol. The molecule has 1 N–H and O–H groups in total. The second-order valence-corrected chi connectivity index (χ2v) is 7.95. The van der Waals surface area contributed by atoms with Crippen molar-refractivity contribution >= 4 is 11.8 Å². The van der Waals surface area contributed by atoms with E-state index in [0.717, 1.165) is 45.1 Å². The molecule has 0 bridgehead atoms. The minimum Gasteiger partial charge on any atom is -0.351 e. The Morgan fingerprint density at radius 1 is 1.24 bits per heavy atom. The van der Waals surface area contributed by atoms with Gasteiger partial charge < -0.3 is 10.2 Å². The maximum atomic E-state index is 12.7. The molecule has 4 nitrogen and oxygen atoms in total. The lowest BCUT2D eigenvalue weighted by atomic mass is 9.95. The van der Waals surface area contributed by atoms with Crippen molar-refractivity contribution < 1.29 is 9.59 Å². The Kier molecular flexibility index (Phi) is 5.45. The van der Waals surface area contributed by atoms with Gasteiger partial charge in [0.15, 0.2) is 0 Å². The summed E-state index contributed by atoms with van der Waals surface area (Å²) >= 11 is 0. The number of likely N-dealkylation sites (tertiary alicyclic amines) is 1. The quantitative estimate of drug-likeness (QED) is 0.862. The van der Waals surface area contributed by atoms with E-state index in [1.807, 2.05) is 30.0 Å². The van der Waals surface area contributed by atoms with Gasteiger partial charge in [0.25, 0.3) is 0 Å². The van der Waals surface area contributed by atoms with Gasteiger partial charge in [-0.25, -0.2) is 0 Å². The Hall–Kier alpha value is -1.84. The van der Waals surface area contributed by atoms with E-state index < -0.39 is 0 Å². The van der Waals surface area contributed by atoms with Crippen LogP contribution in [-0.2, 0) is 16.0 Å². The van der Waals surface area contributed by atoms with E-state index in [1.54, 1.807) is 0 Å². The number of rotatable bonds is 6. The van der Waals surface area contributed by atoms with Gasteiger partial charge in [0.1, 0.15) is 0 Å². The van der Waals surface area contributed by atoms with Crippen LogP contribution in [0.5, 0.6) is 0 Å². The fourth-order valence-corrected chi connectivity index (χ4v) is 3.68. The average molecular weight is 342 g/mol. The van der Waals surface area contributed by atoms with E-state index in [0.29, 0.717) is 6.42 Å². The molecule has 0 radical (unpaired) electrons. The van der Waals surface area contributed by atoms with Crippen molar-refractivity contribution in [2.24, 2.45) is 5.41 Å². The van der Waals surface area contributed by atoms with Crippen LogP contribution in [0.15, 0.2) is 30.3 Å².